The number of H-pyrrole nitrogens is 1. The lowest BCUT2D eigenvalue weighted by Crippen LogP contribution is -2.33. The van der Waals surface area contributed by atoms with Gasteiger partial charge < -0.3 is 24.1 Å². The fourth-order valence-electron chi connectivity index (χ4n) is 3.83. The van der Waals surface area contributed by atoms with E-state index >= 15 is 0 Å². The average molecular weight is 459 g/mol. The summed E-state index contributed by atoms with van der Waals surface area (Å²) < 4.78 is 15.9. The molecule has 1 N–H and O–H groups in total. The Morgan fingerprint density at radius 3 is 2.26 bits per heavy atom. The van der Waals surface area contributed by atoms with Gasteiger partial charge in [0.05, 0.1) is 27.9 Å². The highest BCUT2D eigenvalue weighted by Gasteiger charge is 2.21. The van der Waals surface area contributed by atoms with Crippen LogP contribution in [0.4, 0.5) is 5.69 Å². The Bertz CT molecular complexity index is 1390. The number of methoxy groups -OCH3 is 3. The number of aromatic nitrogens is 1. The maximum absolute atomic E-state index is 13.7. The maximum Gasteiger partial charge on any atom is 0.258 e. The minimum absolute atomic E-state index is 0.0821. The van der Waals surface area contributed by atoms with E-state index in [1.165, 1.54) is 14.2 Å². The summed E-state index contributed by atoms with van der Waals surface area (Å²) in [7, 11) is 4.64. The minimum atomic E-state index is -0.283. The van der Waals surface area contributed by atoms with Gasteiger partial charge in [0, 0.05) is 22.3 Å². The van der Waals surface area contributed by atoms with Gasteiger partial charge in [0.15, 0.2) is 11.5 Å². The van der Waals surface area contributed by atoms with Crippen LogP contribution in [-0.2, 0) is 6.54 Å². The first-order chi connectivity index (χ1) is 16.4. The van der Waals surface area contributed by atoms with Crippen molar-refractivity contribution in [3.8, 4) is 17.2 Å². The summed E-state index contributed by atoms with van der Waals surface area (Å²) in [4.78, 5) is 31.1. The van der Waals surface area contributed by atoms with Crippen molar-refractivity contribution in [2.45, 2.75) is 13.5 Å². The zero-order valence-corrected chi connectivity index (χ0v) is 19.5. The fraction of sp³-hybridized carbons (Fsp3) is 0.185. The number of carbonyl (C=O) groups excluding carboxylic acids is 1. The second-order valence-electron chi connectivity index (χ2n) is 7.87. The molecule has 0 atom stereocenters. The minimum Gasteiger partial charge on any atom is -0.497 e. The Labute approximate surface area is 197 Å². The third kappa shape index (κ3) is 4.59. The largest absolute Gasteiger partial charge is 0.497 e. The number of benzene rings is 3. The van der Waals surface area contributed by atoms with Crippen molar-refractivity contribution in [2.24, 2.45) is 0 Å². The predicted octanol–water partition coefficient (Wildman–Crippen LogP) is 4.71. The Balaban J connectivity index is 1.78. The Morgan fingerprint density at radius 1 is 0.853 bits per heavy atom. The maximum atomic E-state index is 13.7. The molecule has 174 valence electrons. The van der Waals surface area contributed by atoms with Gasteiger partial charge in [-0.05, 0) is 73.0 Å². The summed E-state index contributed by atoms with van der Waals surface area (Å²) in [5.41, 5.74) is 3.10. The molecule has 1 heterocycles. The first-order valence-electron chi connectivity index (χ1n) is 10.7. The van der Waals surface area contributed by atoms with E-state index in [0.717, 1.165) is 16.5 Å². The molecule has 0 spiro atoms. The number of anilines is 1. The molecule has 7 heteroatoms. The zero-order chi connectivity index (χ0) is 24.2. The number of aryl methyl sites for hydroxylation is 1. The van der Waals surface area contributed by atoms with Gasteiger partial charge in [-0.2, -0.15) is 0 Å². The van der Waals surface area contributed by atoms with Gasteiger partial charge in [0.2, 0.25) is 0 Å². The number of hydrogen-bond acceptors (Lipinski definition) is 5. The molecule has 0 aliphatic carbocycles. The number of rotatable bonds is 7. The van der Waals surface area contributed by atoms with Gasteiger partial charge in [0.25, 0.3) is 11.5 Å². The SMILES string of the molecule is COc1ccc(N(Cc2cc3cc(C)ccc3[nH]c2=O)C(=O)c2ccc(OC)c(OC)c2)cc1. The van der Waals surface area contributed by atoms with E-state index in [1.807, 2.05) is 31.2 Å². The molecule has 0 aliphatic rings. The van der Waals surface area contributed by atoms with Crippen molar-refractivity contribution in [1.82, 2.24) is 4.98 Å². The number of carbonyl (C=O) groups is 1. The number of nitrogens with zero attached hydrogens (tertiary/aromatic N) is 1. The van der Waals surface area contributed by atoms with Crippen LogP contribution in [0.1, 0.15) is 21.5 Å². The lowest BCUT2D eigenvalue weighted by atomic mass is 10.1. The van der Waals surface area contributed by atoms with Crippen molar-refractivity contribution in [1.29, 1.82) is 0 Å². The number of fused-ring (bicyclic) bond motifs is 1. The smallest absolute Gasteiger partial charge is 0.258 e. The normalized spacial score (nSPS) is 10.7. The molecular weight excluding hydrogens is 432 g/mol. The highest BCUT2D eigenvalue weighted by molar-refractivity contribution is 6.06. The van der Waals surface area contributed by atoms with E-state index in [4.69, 9.17) is 14.2 Å². The van der Waals surface area contributed by atoms with E-state index in [1.54, 1.807) is 54.5 Å². The molecule has 4 rings (SSSR count). The van der Waals surface area contributed by atoms with Crippen LogP contribution < -0.4 is 24.7 Å². The number of pyridine rings is 1. The van der Waals surface area contributed by atoms with Crippen molar-refractivity contribution in [3.05, 3.63) is 93.8 Å². The molecule has 0 saturated heterocycles. The van der Waals surface area contributed by atoms with Crippen molar-refractivity contribution < 1.29 is 19.0 Å². The highest BCUT2D eigenvalue weighted by Crippen LogP contribution is 2.30. The second-order valence-corrected chi connectivity index (χ2v) is 7.87. The summed E-state index contributed by atoms with van der Waals surface area (Å²) in [6, 6.07) is 19.8. The van der Waals surface area contributed by atoms with E-state index in [-0.39, 0.29) is 18.0 Å². The standard InChI is InChI=1S/C27H26N2O5/c1-17-5-11-23-19(13-17)14-20(26(30)28-23)16-29(21-7-9-22(32-2)10-8-21)27(31)18-6-12-24(33-3)25(15-18)34-4/h5-15H,16H2,1-4H3,(H,28,30). The van der Waals surface area contributed by atoms with Gasteiger partial charge in [-0.3, -0.25) is 9.59 Å². The van der Waals surface area contributed by atoms with Crippen LogP contribution in [0.25, 0.3) is 10.9 Å². The van der Waals surface area contributed by atoms with Crippen LogP contribution in [0, 0.1) is 6.92 Å². The van der Waals surface area contributed by atoms with Crippen molar-refractivity contribution >= 4 is 22.5 Å². The molecule has 3 aromatic carbocycles. The number of amides is 1. The first kappa shape index (κ1) is 22.9. The van der Waals surface area contributed by atoms with Crippen LogP contribution >= 0.6 is 0 Å². The van der Waals surface area contributed by atoms with E-state index in [0.29, 0.717) is 34.1 Å². The second kappa shape index (κ2) is 9.70. The number of ether oxygens (including phenoxy) is 3. The monoisotopic (exact) mass is 458 g/mol. The lowest BCUT2D eigenvalue weighted by Gasteiger charge is -2.24. The van der Waals surface area contributed by atoms with Gasteiger partial charge >= 0.3 is 0 Å². The molecule has 0 unspecified atom stereocenters. The van der Waals surface area contributed by atoms with E-state index in [9.17, 15) is 9.59 Å². The topological polar surface area (TPSA) is 80.9 Å². The van der Waals surface area contributed by atoms with Crippen LogP contribution in [0.3, 0.4) is 0 Å². The molecule has 0 fully saturated rings. The fourth-order valence-corrected chi connectivity index (χ4v) is 3.83. The predicted molar refractivity (Wildman–Crippen MR) is 132 cm³/mol. The number of nitrogens with one attached hydrogen (secondary N) is 1. The third-order valence-electron chi connectivity index (χ3n) is 5.66. The molecule has 0 aliphatic heterocycles. The third-order valence-corrected chi connectivity index (χ3v) is 5.66. The molecule has 4 aromatic rings. The Hall–Kier alpha value is -4.26. The summed E-state index contributed by atoms with van der Waals surface area (Å²) in [6.07, 6.45) is 0. The molecule has 0 bridgehead atoms. The summed E-state index contributed by atoms with van der Waals surface area (Å²) in [5.74, 6) is 1.36. The number of aromatic amines is 1. The highest BCUT2D eigenvalue weighted by atomic mass is 16.5. The van der Waals surface area contributed by atoms with Crippen LogP contribution in [0.2, 0.25) is 0 Å². The molecular formula is C27H26N2O5. The lowest BCUT2D eigenvalue weighted by molar-refractivity contribution is 0.0984. The van der Waals surface area contributed by atoms with Gasteiger partial charge in [-0.25, -0.2) is 0 Å². The Kier molecular flexibility index (Phi) is 6.54. The summed E-state index contributed by atoms with van der Waals surface area (Å²) >= 11 is 0. The Morgan fingerprint density at radius 2 is 1.59 bits per heavy atom. The summed E-state index contributed by atoms with van der Waals surface area (Å²) in [6.45, 7) is 2.08. The number of hydrogen-bond donors (Lipinski definition) is 1. The van der Waals surface area contributed by atoms with Gasteiger partial charge in [-0.1, -0.05) is 11.6 Å². The average Bonchev–Trinajstić information content (AvgIpc) is 2.87. The van der Waals surface area contributed by atoms with Gasteiger partial charge in [-0.15, -0.1) is 0 Å². The van der Waals surface area contributed by atoms with Crippen LogP contribution in [0.15, 0.2) is 71.5 Å². The summed E-state index contributed by atoms with van der Waals surface area (Å²) in [5, 5.41) is 0.905. The van der Waals surface area contributed by atoms with E-state index < -0.39 is 0 Å². The van der Waals surface area contributed by atoms with Gasteiger partial charge in [0.1, 0.15) is 5.75 Å². The van der Waals surface area contributed by atoms with Crippen molar-refractivity contribution in [2.75, 3.05) is 26.2 Å². The molecule has 1 aromatic heterocycles. The van der Waals surface area contributed by atoms with Crippen molar-refractivity contribution in [3.63, 3.8) is 0 Å². The van der Waals surface area contributed by atoms with E-state index in [2.05, 4.69) is 4.98 Å². The molecule has 1 amide bonds. The zero-order valence-electron chi connectivity index (χ0n) is 19.5. The molecule has 0 radical (unpaired) electrons. The van der Waals surface area contributed by atoms with Crippen LogP contribution in [0.5, 0.6) is 17.2 Å². The first-order valence-corrected chi connectivity index (χ1v) is 10.7. The quantitative estimate of drug-likeness (QED) is 0.434. The molecule has 7 nitrogen and oxygen atoms in total. The molecule has 0 saturated carbocycles. The van der Waals surface area contributed by atoms with Crippen LogP contribution in [-0.4, -0.2) is 32.2 Å². The molecule has 34 heavy (non-hydrogen) atoms.